The Kier molecular flexibility index (Phi) is 3.06. The van der Waals surface area contributed by atoms with Crippen molar-refractivity contribution in [3.63, 3.8) is 0 Å². The zero-order valence-electron chi connectivity index (χ0n) is 11.2. The van der Waals surface area contributed by atoms with Crippen LogP contribution < -0.4 is 5.73 Å². The average Bonchev–Trinajstić information content (AvgIpc) is 2.84. The molecule has 3 heterocycles. The van der Waals surface area contributed by atoms with Crippen LogP contribution in [-0.4, -0.2) is 19.6 Å². The van der Waals surface area contributed by atoms with E-state index in [0.29, 0.717) is 16.6 Å². The second-order valence-electron chi connectivity index (χ2n) is 4.93. The SMILES string of the molecule is CC(C)c1ccc2c(-c3nc(N)ncc3Cl)cnn2c1. The van der Waals surface area contributed by atoms with Crippen LogP contribution in [-0.2, 0) is 0 Å². The molecule has 5 nitrogen and oxygen atoms in total. The van der Waals surface area contributed by atoms with Gasteiger partial charge in [0.2, 0.25) is 5.95 Å². The van der Waals surface area contributed by atoms with Crippen LogP contribution in [0.25, 0.3) is 16.8 Å². The number of pyridine rings is 1. The number of nitrogens with zero attached hydrogens (tertiary/aromatic N) is 4. The monoisotopic (exact) mass is 287 g/mol. The Morgan fingerprint density at radius 1 is 1.25 bits per heavy atom. The summed E-state index contributed by atoms with van der Waals surface area (Å²) >= 11 is 6.15. The van der Waals surface area contributed by atoms with Crippen LogP contribution >= 0.6 is 11.6 Å². The fourth-order valence-electron chi connectivity index (χ4n) is 2.09. The molecule has 0 aliphatic carbocycles. The van der Waals surface area contributed by atoms with Gasteiger partial charge in [0.1, 0.15) is 0 Å². The lowest BCUT2D eigenvalue weighted by Gasteiger charge is -2.06. The number of fused-ring (bicyclic) bond motifs is 1. The van der Waals surface area contributed by atoms with Crippen LogP contribution in [0.15, 0.2) is 30.7 Å². The number of halogens is 1. The molecule has 0 bridgehead atoms. The lowest BCUT2D eigenvalue weighted by molar-refractivity contribution is 0.835. The molecule has 0 saturated heterocycles. The van der Waals surface area contributed by atoms with E-state index >= 15 is 0 Å². The Bertz CT molecular complexity index is 778. The molecule has 0 radical (unpaired) electrons. The summed E-state index contributed by atoms with van der Waals surface area (Å²) in [6.45, 7) is 4.29. The van der Waals surface area contributed by atoms with Gasteiger partial charge in [-0.2, -0.15) is 5.10 Å². The van der Waals surface area contributed by atoms with Crippen LogP contribution in [0.1, 0.15) is 25.3 Å². The molecule has 3 rings (SSSR count). The number of rotatable bonds is 2. The van der Waals surface area contributed by atoms with E-state index in [4.69, 9.17) is 17.3 Å². The maximum Gasteiger partial charge on any atom is 0.220 e. The molecule has 3 aromatic heterocycles. The van der Waals surface area contributed by atoms with Crippen LogP contribution in [0.2, 0.25) is 5.02 Å². The van der Waals surface area contributed by atoms with Crippen molar-refractivity contribution in [1.29, 1.82) is 0 Å². The number of nitrogen functional groups attached to an aromatic ring is 1. The van der Waals surface area contributed by atoms with E-state index in [0.717, 1.165) is 11.1 Å². The molecule has 2 N–H and O–H groups in total. The lowest BCUT2D eigenvalue weighted by Crippen LogP contribution is -1.97. The van der Waals surface area contributed by atoms with Gasteiger partial charge in [0.15, 0.2) is 0 Å². The molecule has 0 amide bonds. The molecule has 0 aromatic carbocycles. The molecule has 0 spiro atoms. The molecule has 0 aliphatic heterocycles. The summed E-state index contributed by atoms with van der Waals surface area (Å²) in [5.74, 6) is 0.646. The van der Waals surface area contributed by atoms with E-state index in [9.17, 15) is 0 Å². The largest absolute Gasteiger partial charge is 0.368 e. The molecule has 3 aromatic rings. The number of anilines is 1. The predicted octanol–water partition coefficient (Wildman–Crippen LogP) is 3.15. The first kappa shape index (κ1) is 12.9. The third-order valence-corrected chi connectivity index (χ3v) is 3.50. The summed E-state index contributed by atoms with van der Waals surface area (Å²) in [5.41, 5.74) is 9.25. The summed E-state index contributed by atoms with van der Waals surface area (Å²) in [4.78, 5) is 8.08. The summed E-state index contributed by atoms with van der Waals surface area (Å²) in [6, 6.07) is 4.11. The predicted molar refractivity (Wildman–Crippen MR) is 79.7 cm³/mol. The van der Waals surface area contributed by atoms with Gasteiger partial charge in [-0.1, -0.05) is 31.5 Å². The number of nitrogens with two attached hydrogens (primary N) is 1. The van der Waals surface area contributed by atoms with Gasteiger partial charge in [-0.15, -0.1) is 0 Å². The zero-order valence-corrected chi connectivity index (χ0v) is 12.0. The highest BCUT2D eigenvalue weighted by Crippen LogP contribution is 2.29. The fraction of sp³-hybridized carbons (Fsp3) is 0.214. The Labute approximate surface area is 121 Å². The van der Waals surface area contributed by atoms with Crippen LogP contribution in [0.5, 0.6) is 0 Å². The number of aromatic nitrogens is 4. The average molecular weight is 288 g/mol. The normalized spacial score (nSPS) is 11.4. The summed E-state index contributed by atoms with van der Waals surface area (Å²) in [6.07, 6.45) is 5.26. The van der Waals surface area contributed by atoms with E-state index in [1.165, 1.54) is 11.8 Å². The van der Waals surface area contributed by atoms with Crippen molar-refractivity contribution in [1.82, 2.24) is 19.6 Å². The second kappa shape index (κ2) is 4.76. The molecule has 0 atom stereocenters. The minimum absolute atomic E-state index is 0.197. The molecule has 0 saturated carbocycles. The molecular formula is C14H14ClN5. The Morgan fingerprint density at radius 2 is 2.05 bits per heavy atom. The van der Waals surface area contributed by atoms with Crippen LogP contribution in [0.3, 0.4) is 0 Å². The highest BCUT2D eigenvalue weighted by Gasteiger charge is 2.13. The van der Waals surface area contributed by atoms with E-state index in [-0.39, 0.29) is 5.95 Å². The number of hydrogen-bond donors (Lipinski definition) is 1. The van der Waals surface area contributed by atoms with Gasteiger partial charge in [-0.3, -0.25) is 0 Å². The molecular weight excluding hydrogens is 274 g/mol. The van der Waals surface area contributed by atoms with E-state index in [2.05, 4.69) is 35.0 Å². The lowest BCUT2D eigenvalue weighted by atomic mass is 10.1. The van der Waals surface area contributed by atoms with Gasteiger partial charge in [0.25, 0.3) is 0 Å². The van der Waals surface area contributed by atoms with Gasteiger partial charge in [-0.25, -0.2) is 14.5 Å². The minimum atomic E-state index is 0.197. The highest BCUT2D eigenvalue weighted by atomic mass is 35.5. The maximum atomic E-state index is 6.15. The van der Waals surface area contributed by atoms with Gasteiger partial charge in [0.05, 0.1) is 28.6 Å². The summed E-state index contributed by atoms with van der Waals surface area (Å²) in [7, 11) is 0. The van der Waals surface area contributed by atoms with Gasteiger partial charge < -0.3 is 5.73 Å². The molecule has 20 heavy (non-hydrogen) atoms. The standard InChI is InChI=1S/C14H14ClN5/c1-8(2)9-3-4-12-10(5-18-20(12)7-9)13-11(15)6-17-14(16)19-13/h3-8H,1-2H3,(H2,16,17,19). The molecule has 0 unspecified atom stereocenters. The van der Waals surface area contributed by atoms with Crippen molar-refractivity contribution in [3.8, 4) is 11.3 Å². The third-order valence-electron chi connectivity index (χ3n) is 3.22. The second-order valence-corrected chi connectivity index (χ2v) is 5.34. The van der Waals surface area contributed by atoms with Gasteiger partial charge in [0, 0.05) is 11.8 Å². The van der Waals surface area contributed by atoms with Crippen molar-refractivity contribution in [2.24, 2.45) is 0 Å². The zero-order chi connectivity index (χ0) is 14.3. The Morgan fingerprint density at radius 3 is 2.80 bits per heavy atom. The number of hydrogen-bond acceptors (Lipinski definition) is 4. The minimum Gasteiger partial charge on any atom is -0.368 e. The quantitative estimate of drug-likeness (QED) is 0.786. The van der Waals surface area contributed by atoms with Crippen molar-refractivity contribution in [2.45, 2.75) is 19.8 Å². The highest BCUT2D eigenvalue weighted by molar-refractivity contribution is 6.33. The molecule has 0 fully saturated rings. The topological polar surface area (TPSA) is 69.1 Å². The Hall–Kier alpha value is -2.14. The van der Waals surface area contributed by atoms with Crippen LogP contribution in [0.4, 0.5) is 5.95 Å². The smallest absolute Gasteiger partial charge is 0.220 e. The first-order valence-electron chi connectivity index (χ1n) is 6.32. The molecule has 6 heteroatoms. The van der Waals surface area contributed by atoms with Gasteiger partial charge >= 0.3 is 0 Å². The van der Waals surface area contributed by atoms with Crippen molar-refractivity contribution in [3.05, 3.63) is 41.3 Å². The Balaban J connectivity index is 2.20. The van der Waals surface area contributed by atoms with E-state index < -0.39 is 0 Å². The van der Waals surface area contributed by atoms with E-state index in [1.807, 2.05) is 16.8 Å². The molecule has 102 valence electrons. The van der Waals surface area contributed by atoms with E-state index in [1.54, 1.807) is 6.20 Å². The summed E-state index contributed by atoms with van der Waals surface area (Å²) < 4.78 is 1.83. The summed E-state index contributed by atoms with van der Waals surface area (Å²) in [5, 5.41) is 4.83. The maximum absolute atomic E-state index is 6.15. The molecule has 0 aliphatic rings. The van der Waals surface area contributed by atoms with Crippen molar-refractivity contribution >= 4 is 23.1 Å². The van der Waals surface area contributed by atoms with Crippen molar-refractivity contribution in [2.75, 3.05) is 5.73 Å². The van der Waals surface area contributed by atoms with Crippen LogP contribution in [0, 0.1) is 0 Å². The first-order valence-corrected chi connectivity index (χ1v) is 6.69. The van der Waals surface area contributed by atoms with Gasteiger partial charge in [-0.05, 0) is 17.5 Å². The fourth-order valence-corrected chi connectivity index (χ4v) is 2.29. The third kappa shape index (κ3) is 2.10. The first-order chi connectivity index (χ1) is 9.56. The van der Waals surface area contributed by atoms with Crippen molar-refractivity contribution < 1.29 is 0 Å².